The number of benzene rings is 2. The summed E-state index contributed by atoms with van der Waals surface area (Å²) in [6.07, 6.45) is 7.70. The number of hydrogen-bond acceptors (Lipinski definition) is 3. The van der Waals surface area contributed by atoms with Crippen molar-refractivity contribution in [3.8, 4) is 23.3 Å². The Balaban J connectivity index is 2.20. The fourth-order valence-electron chi connectivity index (χ4n) is 3.95. The van der Waals surface area contributed by atoms with Gasteiger partial charge in [-0.15, -0.1) is 0 Å². The summed E-state index contributed by atoms with van der Waals surface area (Å²) in [5.74, 6) is 1.78. The maximum atomic E-state index is 9.18. The zero-order valence-corrected chi connectivity index (χ0v) is 23.9. The first-order valence-electron chi connectivity index (χ1n) is 11.8. The van der Waals surface area contributed by atoms with Crippen LogP contribution in [0.3, 0.4) is 0 Å². The molecule has 0 aliphatic rings. The predicted molar refractivity (Wildman–Crippen MR) is 138 cm³/mol. The van der Waals surface area contributed by atoms with Crippen LogP contribution in [0.2, 0.25) is 23.4 Å². The van der Waals surface area contributed by atoms with Crippen LogP contribution in [0.15, 0.2) is 36.4 Å². The van der Waals surface area contributed by atoms with Gasteiger partial charge in [0.25, 0.3) is 0 Å². The number of ether oxygens (including phenoxy) is 2. The Bertz CT molecular complexity index is 876. The SMILES string of the molecule is CCC[CH2][Sn]([CH2]CCC)([CH2]CCC)[CH2]Oc1ccc(Cl)c(Oc2cc(Cl)cc(C#N)c2)c1. The molecule has 0 aromatic heterocycles. The van der Waals surface area contributed by atoms with E-state index >= 15 is 0 Å². The first-order chi connectivity index (χ1) is 15.4. The standard InChI is InChI=1S/C14H8Cl2NO2.3C4H9.Sn/c1-18-11-2-3-13(16)14(7-11)19-12-5-9(8-17)4-10(15)6-12;3*1-3-4-2;/h2-7H,1H2;3*1,3-4H2,2H3;. The van der Waals surface area contributed by atoms with Crippen molar-refractivity contribution in [2.24, 2.45) is 0 Å². The molecule has 0 radical (unpaired) electrons. The van der Waals surface area contributed by atoms with E-state index in [1.165, 1.54) is 51.8 Å². The Morgan fingerprint density at radius 3 is 2.03 bits per heavy atom. The number of hydrogen-bond donors (Lipinski definition) is 0. The van der Waals surface area contributed by atoms with Gasteiger partial charge in [0.1, 0.15) is 0 Å². The molecule has 0 aliphatic carbocycles. The first-order valence-corrected chi connectivity index (χ1v) is 20.6. The van der Waals surface area contributed by atoms with Crippen molar-refractivity contribution in [2.75, 3.05) is 4.62 Å². The minimum atomic E-state index is -2.40. The van der Waals surface area contributed by atoms with Crippen molar-refractivity contribution < 1.29 is 9.47 Å². The van der Waals surface area contributed by atoms with Crippen LogP contribution in [0.25, 0.3) is 0 Å². The van der Waals surface area contributed by atoms with Crippen molar-refractivity contribution in [2.45, 2.75) is 72.6 Å². The van der Waals surface area contributed by atoms with Crippen molar-refractivity contribution in [1.29, 1.82) is 5.26 Å². The van der Waals surface area contributed by atoms with Crippen LogP contribution < -0.4 is 9.47 Å². The van der Waals surface area contributed by atoms with E-state index in [0.29, 0.717) is 27.1 Å². The summed E-state index contributed by atoms with van der Waals surface area (Å²) < 4.78 is 17.5. The Hall–Kier alpha value is -1.09. The van der Waals surface area contributed by atoms with E-state index in [2.05, 4.69) is 26.8 Å². The van der Waals surface area contributed by atoms with Crippen LogP contribution in [0.1, 0.15) is 64.9 Å². The number of halogens is 2. The van der Waals surface area contributed by atoms with Crippen molar-refractivity contribution in [3.05, 3.63) is 52.0 Å². The summed E-state index contributed by atoms with van der Waals surface area (Å²) in [4.78, 5) is 0. The van der Waals surface area contributed by atoms with Gasteiger partial charge in [-0.1, -0.05) is 0 Å². The predicted octanol–water partition coefficient (Wildman–Crippen LogP) is 9.42. The first kappa shape index (κ1) is 27.2. The van der Waals surface area contributed by atoms with E-state index in [-0.39, 0.29) is 0 Å². The molecule has 2 aromatic rings. The molecule has 0 heterocycles. The van der Waals surface area contributed by atoms with E-state index in [0.717, 1.165) is 10.4 Å². The Morgan fingerprint density at radius 2 is 1.47 bits per heavy atom. The van der Waals surface area contributed by atoms with Crippen molar-refractivity contribution in [3.63, 3.8) is 0 Å². The van der Waals surface area contributed by atoms with Crippen LogP contribution in [-0.2, 0) is 0 Å². The second kappa shape index (κ2) is 14.2. The molecule has 2 rings (SSSR count). The van der Waals surface area contributed by atoms with E-state index in [1.807, 2.05) is 18.2 Å². The molecule has 0 atom stereocenters. The van der Waals surface area contributed by atoms with Crippen LogP contribution >= 0.6 is 23.2 Å². The quantitative estimate of drug-likeness (QED) is 0.208. The van der Waals surface area contributed by atoms with Gasteiger partial charge in [-0.05, 0) is 0 Å². The van der Waals surface area contributed by atoms with Gasteiger partial charge in [-0.25, -0.2) is 0 Å². The molecule has 32 heavy (non-hydrogen) atoms. The van der Waals surface area contributed by atoms with E-state index in [9.17, 15) is 5.26 Å². The number of unbranched alkanes of at least 4 members (excludes halogenated alkanes) is 3. The van der Waals surface area contributed by atoms with Crippen LogP contribution in [0, 0.1) is 11.3 Å². The second-order valence-electron chi connectivity index (χ2n) is 8.58. The Morgan fingerprint density at radius 1 is 0.844 bits per heavy atom. The molecule has 0 amide bonds. The molecule has 0 aliphatic heterocycles. The Labute approximate surface area is 207 Å². The molecular formula is C26H35Cl2NO2Sn. The third-order valence-electron chi connectivity index (χ3n) is 5.86. The molecule has 0 bridgehead atoms. The topological polar surface area (TPSA) is 42.2 Å². The molecule has 2 aromatic carbocycles. The molecular weight excluding hydrogens is 548 g/mol. The fraction of sp³-hybridized carbons (Fsp3) is 0.500. The van der Waals surface area contributed by atoms with E-state index < -0.39 is 18.4 Å². The molecule has 0 saturated carbocycles. The summed E-state index contributed by atoms with van der Waals surface area (Å²) in [6, 6.07) is 12.6. The second-order valence-corrected chi connectivity index (χ2v) is 23.1. The fourth-order valence-corrected chi connectivity index (χ4v) is 18.5. The zero-order chi connectivity index (χ0) is 23.4. The molecule has 174 valence electrons. The van der Waals surface area contributed by atoms with Gasteiger partial charge in [0.2, 0.25) is 0 Å². The van der Waals surface area contributed by atoms with Gasteiger partial charge in [0.05, 0.1) is 0 Å². The summed E-state index contributed by atoms with van der Waals surface area (Å²) >= 11 is 10.1. The van der Waals surface area contributed by atoms with Crippen LogP contribution in [0.4, 0.5) is 0 Å². The summed E-state index contributed by atoms with van der Waals surface area (Å²) in [5.41, 5.74) is 0.442. The number of nitriles is 1. The van der Waals surface area contributed by atoms with Crippen LogP contribution in [-0.4, -0.2) is 23.0 Å². The molecule has 0 unspecified atom stereocenters. The minimum absolute atomic E-state index is 0.442. The molecule has 3 nitrogen and oxygen atoms in total. The molecule has 0 spiro atoms. The van der Waals surface area contributed by atoms with Crippen LogP contribution in [0.5, 0.6) is 17.2 Å². The molecule has 0 fully saturated rings. The monoisotopic (exact) mass is 583 g/mol. The average Bonchev–Trinajstić information content (AvgIpc) is 2.79. The van der Waals surface area contributed by atoms with Gasteiger partial charge >= 0.3 is 209 Å². The van der Waals surface area contributed by atoms with Gasteiger partial charge in [0.15, 0.2) is 0 Å². The zero-order valence-electron chi connectivity index (χ0n) is 19.6. The van der Waals surface area contributed by atoms with Crippen molar-refractivity contribution in [1.82, 2.24) is 0 Å². The normalized spacial score (nSPS) is 11.2. The number of rotatable bonds is 14. The van der Waals surface area contributed by atoms with E-state index in [4.69, 9.17) is 32.7 Å². The third-order valence-corrected chi connectivity index (χ3v) is 20.7. The summed E-state index contributed by atoms with van der Waals surface area (Å²) in [5, 5.41) is 10.1. The van der Waals surface area contributed by atoms with Crippen molar-refractivity contribution >= 4 is 41.6 Å². The third kappa shape index (κ3) is 8.69. The molecule has 0 N–H and O–H groups in total. The molecule has 0 saturated heterocycles. The Kier molecular flexibility index (Phi) is 12.1. The average molecular weight is 583 g/mol. The number of nitrogens with zero attached hydrogens (tertiary/aromatic N) is 1. The van der Waals surface area contributed by atoms with E-state index in [1.54, 1.807) is 18.2 Å². The summed E-state index contributed by atoms with van der Waals surface area (Å²) in [7, 11) is 0. The van der Waals surface area contributed by atoms with Gasteiger partial charge in [0, 0.05) is 0 Å². The molecule has 6 heteroatoms. The van der Waals surface area contributed by atoms with Gasteiger partial charge in [-0.2, -0.15) is 0 Å². The van der Waals surface area contributed by atoms with Gasteiger partial charge < -0.3 is 0 Å². The summed E-state index contributed by atoms with van der Waals surface area (Å²) in [6.45, 7) is 6.86. The maximum absolute atomic E-state index is 9.18. The van der Waals surface area contributed by atoms with Gasteiger partial charge in [-0.3, -0.25) is 0 Å².